The lowest BCUT2D eigenvalue weighted by Crippen LogP contribution is -2.37. The molecule has 0 unspecified atom stereocenters. The molecule has 1 saturated carbocycles. The van der Waals surface area contributed by atoms with Gasteiger partial charge in [0.05, 0.1) is 41.1 Å². The van der Waals surface area contributed by atoms with Gasteiger partial charge in [-0.3, -0.25) is 0 Å². The van der Waals surface area contributed by atoms with Gasteiger partial charge in [-0.25, -0.2) is 14.6 Å². The van der Waals surface area contributed by atoms with Gasteiger partial charge in [0.25, 0.3) is 0 Å². The Bertz CT molecular complexity index is 1150. The lowest BCUT2D eigenvalue weighted by atomic mass is 9.69. The fourth-order valence-corrected chi connectivity index (χ4v) is 4.67. The Labute approximate surface area is 194 Å². The van der Waals surface area contributed by atoms with Gasteiger partial charge in [-0.15, -0.1) is 5.10 Å². The van der Waals surface area contributed by atoms with Gasteiger partial charge < -0.3 is 10.4 Å². The van der Waals surface area contributed by atoms with Gasteiger partial charge in [0, 0.05) is 6.54 Å². The van der Waals surface area contributed by atoms with Gasteiger partial charge in [0.1, 0.15) is 6.07 Å². The molecule has 33 heavy (non-hydrogen) atoms. The Morgan fingerprint density at radius 1 is 1.27 bits per heavy atom. The van der Waals surface area contributed by atoms with Crippen molar-refractivity contribution in [3.8, 4) is 11.8 Å². The molecule has 2 heterocycles. The van der Waals surface area contributed by atoms with Crippen molar-refractivity contribution in [2.75, 3.05) is 11.9 Å². The minimum atomic E-state index is -0.265. The lowest BCUT2D eigenvalue weighted by Gasteiger charge is -2.39. The number of aromatic nitrogens is 5. The van der Waals surface area contributed by atoms with E-state index in [0.717, 1.165) is 49.2 Å². The van der Waals surface area contributed by atoms with Crippen molar-refractivity contribution in [2.45, 2.75) is 59.0 Å². The fourth-order valence-electron chi connectivity index (χ4n) is 4.67. The Balaban J connectivity index is 1.39. The Morgan fingerprint density at radius 3 is 2.85 bits per heavy atom. The Hall–Kier alpha value is -3.31. The van der Waals surface area contributed by atoms with E-state index in [-0.39, 0.29) is 11.5 Å². The molecule has 1 aliphatic rings. The van der Waals surface area contributed by atoms with Crippen LogP contribution in [0.15, 0.2) is 36.7 Å². The molecule has 0 saturated heterocycles. The molecule has 0 aliphatic heterocycles. The summed E-state index contributed by atoms with van der Waals surface area (Å²) in [6.45, 7) is 6.88. The maximum absolute atomic E-state index is 10.2. The highest BCUT2D eigenvalue weighted by atomic mass is 16.3. The van der Waals surface area contributed by atoms with Crippen molar-refractivity contribution in [1.82, 2.24) is 25.0 Å². The number of nitrogens with zero attached hydrogens (tertiary/aromatic N) is 6. The van der Waals surface area contributed by atoms with Crippen molar-refractivity contribution in [3.05, 3.63) is 59.2 Å². The average Bonchev–Trinajstić information content (AvgIpc) is 3.22. The minimum absolute atomic E-state index is 0.108. The van der Waals surface area contributed by atoms with Crippen LogP contribution in [0.4, 0.5) is 5.95 Å². The van der Waals surface area contributed by atoms with Gasteiger partial charge in [-0.2, -0.15) is 5.26 Å². The van der Waals surface area contributed by atoms with Gasteiger partial charge in [0.2, 0.25) is 5.95 Å². The van der Waals surface area contributed by atoms with E-state index in [2.05, 4.69) is 57.6 Å². The summed E-state index contributed by atoms with van der Waals surface area (Å²) in [5.41, 5.74) is 4.35. The third-order valence-electron chi connectivity index (χ3n) is 6.61. The highest BCUT2D eigenvalue weighted by molar-refractivity contribution is 5.38. The molecule has 8 nitrogen and oxygen atoms in total. The van der Waals surface area contributed by atoms with E-state index in [4.69, 9.17) is 0 Å². The molecule has 0 bridgehead atoms. The molecular weight excluding hydrogens is 414 g/mol. The predicted molar refractivity (Wildman–Crippen MR) is 126 cm³/mol. The number of hydrogen-bond acceptors (Lipinski definition) is 7. The summed E-state index contributed by atoms with van der Waals surface area (Å²) >= 11 is 0. The quantitative estimate of drug-likeness (QED) is 0.571. The van der Waals surface area contributed by atoms with Crippen LogP contribution in [0.1, 0.15) is 55.6 Å². The number of nitrogens with one attached hydrogen (secondary N) is 1. The van der Waals surface area contributed by atoms with Crippen LogP contribution in [0.3, 0.4) is 0 Å². The van der Waals surface area contributed by atoms with Crippen molar-refractivity contribution in [1.29, 1.82) is 5.26 Å². The van der Waals surface area contributed by atoms with Crippen LogP contribution in [0.5, 0.6) is 0 Å². The summed E-state index contributed by atoms with van der Waals surface area (Å²) in [7, 11) is 0. The molecular formula is C25H31N7O. The van der Waals surface area contributed by atoms with Gasteiger partial charge >= 0.3 is 0 Å². The monoisotopic (exact) mass is 445 g/mol. The van der Waals surface area contributed by atoms with Crippen molar-refractivity contribution >= 4 is 5.95 Å². The first-order valence-corrected chi connectivity index (χ1v) is 11.5. The second-order valence-electron chi connectivity index (χ2n) is 9.66. The first-order chi connectivity index (χ1) is 15.9. The number of hydrogen-bond donors (Lipinski definition) is 2. The van der Waals surface area contributed by atoms with E-state index in [1.807, 2.05) is 23.7 Å². The van der Waals surface area contributed by atoms with E-state index < -0.39 is 0 Å². The Kier molecular flexibility index (Phi) is 6.70. The zero-order valence-corrected chi connectivity index (χ0v) is 19.5. The standard InChI is InChI=1S/C25H31N7O/c1-17-15-29-31-32(17)21-6-4-5-18(11-21)9-10-27-24-28-16-20(14-26)22(30-24)12-19-7-8-23(33)25(2,3)13-19/h4-6,11,15-16,19,23,33H,7-10,12-13H2,1-3H3,(H,27,28,30)/t19-,23-/m0/s1. The molecule has 1 aromatic carbocycles. The van der Waals surface area contributed by atoms with E-state index in [1.165, 1.54) is 5.56 Å². The third-order valence-corrected chi connectivity index (χ3v) is 6.61. The van der Waals surface area contributed by atoms with Crippen LogP contribution < -0.4 is 5.32 Å². The predicted octanol–water partition coefficient (Wildman–Crippen LogP) is 3.62. The third kappa shape index (κ3) is 5.37. The van der Waals surface area contributed by atoms with Crippen LogP contribution in [0.25, 0.3) is 5.69 Å². The maximum Gasteiger partial charge on any atom is 0.222 e. The number of aliphatic hydroxyl groups is 1. The molecule has 4 rings (SSSR count). The van der Waals surface area contributed by atoms with E-state index in [9.17, 15) is 10.4 Å². The number of rotatable bonds is 7. The summed E-state index contributed by atoms with van der Waals surface area (Å²) < 4.78 is 1.82. The largest absolute Gasteiger partial charge is 0.393 e. The number of benzene rings is 1. The number of nitriles is 1. The first kappa shape index (κ1) is 22.9. The molecule has 172 valence electrons. The summed E-state index contributed by atoms with van der Waals surface area (Å²) in [6.07, 6.45) is 7.29. The normalized spacial score (nSPS) is 19.7. The molecule has 0 amide bonds. The summed E-state index contributed by atoms with van der Waals surface area (Å²) in [6, 6.07) is 10.5. The van der Waals surface area contributed by atoms with Crippen molar-refractivity contribution < 1.29 is 5.11 Å². The molecule has 0 spiro atoms. The van der Waals surface area contributed by atoms with Crippen molar-refractivity contribution in [2.24, 2.45) is 11.3 Å². The zero-order valence-electron chi connectivity index (χ0n) is 19.5. The van der Waals surface area contributed by atoms with E-state index in [1.54, 1.807) is 12.4 Å². The highest BCUT2D eigenvalue weighted by Crippen LogP contribution is 2.40. The first-order valence-electron chi connectivity index (χ1n) is 11.5. The zero-order chi connectivity index (χ0) is 23.4. The smallest absolute Gasteiger partial charge is 0.222 e. The average molecular weight is 446 g/mol. The highest BCUT2D eigenvalue weighted by Gasteiger charge is 2.35. The number of aliphatic hydroxyl groups excluding tert-OH is 1. The molecule has 2 N–H and O–H groups in total. The minimum Gasteiger partial charge on any atom is -0.393 e. The van der Waals surface area contributed by atoms with Crippen LogP contribution in [0.2, 0.25) is 0 Å². The second-order valence-corrected chi connectivity index (χ2v) is 9.66. The van der Waals surface area contributed by atoms with Crippen molar-refractivity contribution in [3.63, 3.8) is 0 Å². The van der Waals surface area contributed by atoms with Gasteiger partial charge in [0.15, 0.2) is 0 Å². The van der Waals surface area contributed by atoms with E-state index >= 15 is 0 Å². The SMILES string of the molecule is Cc1cnnn1-c1cccc(CCNc2ncc(C#N)c(C[C@@H]3CC[C@H](O)C(C)(C)C3)n2)c1. The second kappa shape index (κ2) is 9.67. The topological polar surface area (TPSA) is 113 Å². The number of aryl methyl sites for hydroxylation is 1. The summed E-state index contributed by atoms with van der Waals surface area (Å²) in [5, 5.41) is 31.2. The van der Waals surface area contributed by atoms with Gasteiger partial charge in [-0.05, 0) is 68.1 Å². The van der Waals surface area contributed by atoms with Crippen LogP contribution in [0, 0.1) is 29.6 Å². The van der Waals surface area contributed by atoms with Crippen LogP contribution >= 0.6 is 0 Å². The Morgan fingerprint density at radius 2 is 2.12 bits per heavy atom. The molecule has 8 heteroatoms. The molecule has 2 aromatic heterocycles. The fraction of sp³-hybridized carbons (Fsp3) is 0.480. The van der Waals surface area contributed by atoms with Crippen LogP contribution in [-0.4, -0.2) is 42.7 Å². The summed E-state index contributed by atoms with van der Waals surface area (Å²) in [4.78, 5) is 9.01. The maximum atomic E-state index is 10.2. The summed E-state index contributed by atoms with van der Waals surface area (Å²) in [5.74, 6) is 0.948. The molecule has 1 aliphatic carbocycles. The molecule has 3 aromatic rings. The van der Waals surface area contributed by atoms with Gasteiger partial charge in [-0.1, -0.05) is 31.2 Å². The molecule has 0 radical (unpaired) electrons. The van der Waals surface area contributed by atoms with E-state index in [0.29, 0.717) is 24.0 Å². The molecule has 2 atom stereocenters. The van der Waals surface area contributed by atoms with Crippen LogP contribution in [-0.2, 0) is 12.8 Å². The number of anilines is 1. The molecule has 1 fully saturated rings. The lowest BCUT2D eigenvalue weighted by molar-refractivity contribution is -0.00748.